The van der Waals surface area contributed by atoms with E-state index in [1.54, 1.807) is 6.26 Å². The standard InChI is InChI=1S/C14H24N4O8S/c1-27-3-2-8(13(24)18-9(6-19)14(25)26)17-10(20)5-16-12(23)7(15)4-11(21)22/h7-9,19H,2-6,15H2,1H3,(H,16,23)(H,17,20)(H,18,24)(H,21,22)(H,25,26). The molecular formula is C14H24N4O8S. The number of carbonyl (C=O) groups excluding carboxylic acids is 3. The van der Waals surface area contributed by atoms with E-state index in [1.165, 1.54) is 11.8 Å². The van der Waals surface area contributed by atoms with E-state index in [4.69, 9.17) is 21.1 Å². The number of nitrogens with two attached hydrogens (primary N) is 1. The molecule has 0 heterocycles. The normalized spacial score (nSPS) is 13.7. The van der Waals surface area contributed by atoms with Crippen molar-refractivity contribution < 1.29 is 39.3 Å². The molecule has 3 amide bonds. The fourth-order valence-electron chi connectivity index (χ4n) is 1.79. The van der Waals surface area contributed by atoms with Gasteiger partial charge in [-0.3, -0.25) is 19.2 Å². The molecule has 0 aromatic rings. The van der Waals surface area contributed by atoms with E-state index in [1.807, 2.05) is 0 Å². The Morgan fingerprint density at radius 1 is 1.04 bits per heavy atom. The number of carboxylic acids is 2. The van der Waals surface area contributed by atoms with E-state index >= 15 is 0 Å². The van der Waals surface area contributed by atoms with Crippen LogP contribution in [0.2, 0.25) is 0 Å². The molecule has 8 N–H and O–H groups in total. The van der Waals surface area contributed by atoms with E-state index in [0.717, 1.165) is 0 Å². The maximum Gasteiger partial charge on any atom is 0.328 e. The molecule has 0 aromatic heterocycles. The quantitative estimate of drug-likeness (QED) is 0.161. The minimum Gasteiger partial charge on any atom is -0.481 e. The molecular weight excluding hydrogens is 384 g/mol. The van der Waals surface area contributed by atoms with Crippen molar-refractivity contribution in [3.05, 3.63) is 0 Å². The van der Waals surface area contributed by atoms with Gasteiger partial charge in [-0.1, -0.05) is 0 Å². The van der Waals surface area contributed by atoms with Crippen molar-refractivity contribution in [2.24, 2.45) is 5.73 Å². The van der Waals surface area contributed by atoms with Gasteiger partial charge >= 0.3 is 11.9 Å². The van der Waals surface area contributed by atoms with Crippen molar-refractivity contribution in [1.82, 2.24) is 16.0 Å². The fourth-order valence-corrected chi connectivity index (χ4v) is 2.26. The molecule has 0 radical (unpaired) electrons. The second-order valence-corrected chi connectivity index (χ2v) is 6.39. The number of amides is 3. The van der Waals surface area contributed by atoms with Gasteiger partial charge in [-0.15, -0.1) is 0 Å². The molecule has 12 nitrogen and oxygen atoms in total. The summed E-state index contributed by atoms with van der Waals surface area (Å²) >= 11 is 1.39. The Morgan fingerprint density at radius 3 is 2.15 bits per heavy atom. The number of hydrogen-bond donors (Lipinski definition) is 7. The van der Waals surface area contributed by atoms with Crippen LogP contribution in [0.15, 0.2) is 0 Å². The second-order valence-electron chi connectivity index (χ2n) is 5.41. The number of nitrogens with one attached hydrogen (secondary N) is 3. The lowest BCUT2D eigenvalue weighted by molar-refractivity contribution is -0.143. The number of rotatable bonds is 13. The Hall–Kier alpha value is -2.38. The molecule has 3 unspecified atom stereocenters. The Kier molecular flexibility index (Phi) is 11.8. The highest BCUT2D eigenvalue weighted by atomic mass is 32.2. The van der Waals surface area contributed by atoms with Crippen LogP contribution in [0.3, 0.4) is 0 Å². The maximum atomic E-state index is 12.1. The molecule has 0 aliphatic carbocycles. The zero-order valence-corrected chi connectivity index (χ0v) is 15.5. The van der Waals surface area contributed by atoms with Gasteiger partial charge in [0, 0.05) is 0 Å². The van der Waals surface area contributed by atoms with Crippen LogP contribution in [0, 0.1) is 0 Å². The smallest absolute Gasteiger partial charge is 0.328 e. The number of carboxylic acid groups (broad SMARTS) is 2. The third kappa shape index (κ3) is 10.4. The minimum absolute atomic E-state index is 0.184. The minimum atomic E-state index is -1.51. The SMILES string of the molecule is CSCCC(NC(=O)CNC(=O)C(N)CC(=O)O)C(=O)NC(CO)C(=O)O. The maximum absolute atomic E-state index is 12.1. The summed E-state index contributed by atoms with van der Waals surface area (Å²) in [4.78, 5) is 57.0. The van der Waals surface area contributed by atoms with E-state index in [9.17, 15) is 24.0 Å². The first-order chi connectivity index (χ1) is 12.6. The lowest BCUT2D eigenvalue weighted by Crippen LogP contribution is -2.54. The first-order valence-corrected chi connectivity index (χ1v) is 9.19. The van der Waals surface area contributed by atoms with E-state index in [-0.39, 0.29) is 6.42 Å². The summed E-state index contributed by atoms with van der Waals surface area (Å²) in [7, 11) is 0. The van der Waals surface area contributed by atoms with Crippen LogP contribution >= 0.6 is 11.8 Å². The van der Waals surface area contributed by atoms with E-state index < -0.39 is 67.4 Å². The van der Waals surface area contributed by atoms with Crippen LogP contribution in [-0.4, -0.2) is 88.3 Å². The highest BCUT2D eigenvalue weighted by Gasteiger charge is 2.26. The highest BCUT2D eigenvalue weighted by molar-refractivity contribution is 7.98. The van der Waals surface area contributed by atoms with Gasteiger partial charge in [0.1, 0.15) is 12.1 Å². The fraction of sp³-hybridized carbons (Fsp3) is 0.643. The molecule has 0 aliphatic heterocycles. The number of aliphatic hydroxyl groups is 1. The molecule has 0 aliphatic rings. The van der Waals surface area contributed by atoms with Crippen molar-refractivity contribution in [1.29, 1.82) is 0 Å². The monoisotopic (exact) mass is 408 g/mol. The first-order valence-electron chi connectivity index (χ1n) is 7.79. The molecule has 3 atom stereocenters. The van der Waals surface area contributed by atoms with Crippen LogP contribution < -0.4 is 21.7 Å². The highest BCUT2D eigenvalue weighted by Crippen LogP contribution is 2.02. The summed E-state index contributed by atoms with van der Waals surface area (Å²) in [5.41, 5.74) is 5.35. The predicted molar refractivity (Wildman–Crippen MR) is 94.8 cm³/mol. The summed E-state index contributed by atoms with van der Waals surface area (Å²) in [6, 6.07) is -3.92. The van der Waals surface area contributed by atoms with Crippen LogP contribution in [0.25, 0.3) is 0 Å². The summed E-state index contributed by atoms with van der Waals surface area (Å²) < 4.78 is 0. The number of carbonyl (C=O) groups is 5. The average Bonchev–Trinajstić information content (AvgIpc) is 2.59. The molecule has 0 fully saturated rings. The van der Waals surface area contributed by atoms with Crippen molar-refractivity contribution in [3.63, 3.8) is 0 Å². The molecule has 0 aromatic carbocycles. The molecule has 0 rings (SSSR count). The Morgan fingerprint density at radius 2 is 1.67 bits per heavy atom. The van der Waals surface area contributed by atoms with Gasteiger partial charge in [-0.2, -0.15) is 11.8 Å². The first kappa shape index (κ1) is 24.6. The molecule has 27 heavy (non-hydrogen) atoms. The molecule has 0 bridgehead atoms. The van der Waals surface area contributed by atoms with Gasteiger partial charge in [0.15, 0.2) is 0 Å². The van der Waals surface area contributed by atoms with Crippen LogP contribution in [0.5, 0.6) is 0 Å². The van der Waals surface area contributed by atoms with Gasteiger partial charge < -0.3 is 37.0 Å². The van der Waals surface area contributed by atoms with Crippen LogP contribution in [0.4, 0.5) is 0 Å². The molecule has 0 saturated heterocycles. The number of aliphatic carboxylic acids is 2. The Bertz CT molecular complexity index is 559. The van der Waals surface area contributed by atoms with Gasteiger partial charge in [0.25, 0.3) is 0 Å². The Balaban J connectivity index is 4.71. The van der Waals surface area contributed by atoms with Gasteiger partial charge in [0.2, 0.25) is 17.7 Å². The molecule has 13 heteroatoms. The van der Waals surface area contributed by atoms with E-state index in [0.29, 0.717) is 5.75 Å². The number of hydrogen-bond acceptors (Lipinski definition) is 8. The molecule has 154 valence electrons. The second kappa shape index (κ2) is 12.9. The summed E-state index contributed by atoms with van der Waals surface area (Å²) in [5.74, 6) is -4.61. The molecule has 0 spiro atoms. The molecule has 0 saturated carbocycles. The lowest BCUT2D eigenvalue weighted by atomic mass is 10.2. The van der Waals surface area contributed by atoms with Crippen molar-refractivity contribution in [3.8, 4) is 0 Å². The van der Waals surface area contributed by atoms with Crippen LogP contribution in [-0.2, 0) is 24.0 Å². The van der Waals surface area contributed by atoms with Gasteiger partial charge in [0.05, 0.1) is 25.6 Å². The topological polar surface area (TPSA) is 208 Å². The van der Waals surface area contributed by atoms with Crippen LogP contribution in [0.1, 0.15) is 12.8 Å². The number of aliphatic hydroxyl groups excluding tert-OH is 1. The average molecular weight is 408 g/mol. The lowest BCUT2D eigenvalue weighted by Gasteiger charge is -2.20. The van der Waals surface area contributed by atoms with Gasteiger partial charge in [-0.05, 0) is 18.4 Å². The summed E-state index contributed by atoms with van der Waals surface area (Å²) in [6.45, 7) is -1.36. The zero-order valence-electron chi connectivity index (χ0n) is 14.6. The van der Waals surface area contributed by atoms with Crippen molar-refractivity contribution >= 4 is 41.4 Å². The van der Waals surface area contributed by atoms with Gasteiger partial charge in [-0.25, -0.2) is 4.79 Å². The number of thioether (sulfide) groups is 1. The third-order valence-corrected chi connectivity index (χ3v) is 3.86. The van der Waals surface area contributed by atoms with Crippen molar-refractivity contribution in [2.75, 3.05) is 25.2 Å². The zero-order chi connectivity index (χ0) is 21.0. The largest absolute Gasteiger partial charge is 0.481 e. The Labute approximate surface area is 159 Å². The third-order valence-electron chi connectivity index (χ3n) is 3.21. The van der Waals surface area contributed by atoms with Crippen molar-refractivity contribution in [2.45, 2.75) is 31.0 Å². The predicted octanol–water partition coefficient (Wildman–Crippen LogP) is -3.30. The summed E-state index contributed by atoms with van der Waals surface area (Å²) in [6.07, 6.45) is 1.35. The van der Waals surface area contributed by atoms with E-state index in [2.05, 4.69) is 16.0 Å². The summed E-state index contributed by atoms with van der Waals surface area (Å²) in [5, 5.41) is 33.0.